The maximum atomic E-state index is 10.1. The Morgan fingerprint density at radius 3 is 1.76 bits per heavy atom. The molecule has 7 nitrogen and oxygen atoms in total. The average molecular weight is 686 g/mol. The third kappa shape index (κ3) is 8.12. The summed E-state index contributed by atoms with van der Waals surface area (Å²) in [6.45, 7) is 5.06. The topological polar surface area (TPSA) is 98.5 Å². The first-order chi connectivity index (χ1) is 25.0. The predicted molar refractivity (Wildman–Crippen MR) is 206 cm³/mol. The number of fused-ring (bicyclic) bond motifs is 1. The van der Waals surface area contributed by atoms with Crippen molar-refractivity contribution >= 4 is 33.9 Å². The molecule has 7 rings (SSSR count). The Balaban J connectivity index is 1.09. The lowest BCUT2D eigenvalue weighted by Gasteiger charge is -2.17. The summed E-state index contributed by atoms with van der Waals surface area (Å²) in [5, 5.41) is 22.0. The van der Waals surface area contributed by atoms with Gasteiger partial charge in [-0.05, 0) is 112 Å². The first-order valence-electron chi connectivity index (χ1n) is 16.8. The monoisotopic (exact) mass is 685 g/mol. The summed E-state index contributed by atoms with van der Waals surface area (Å²) in [4.78, 5) is 12.8. The molecule has 8 heteroatoms. The molecule has 3 N–H and O–H groups in total. The fourth-order valence-corrected chi connectivity index (χ4v) is 6.53. The van der Waals surface area contributed by atoms with E-state index < -0.39 is 0 Å². The van der Waals surface area contributed by atoms with Crippen LogP contribution in [0.5, 0.6) is 0 Å². The Morgan fingerprint density at radius 1 is 0.608 bits per heavy atom. The van der Waals surface area contributed by atoms with Crippen molar-refractivity contribution in [2.75, 3.05) is 5.32 Å². The molecule has 0 fully saturated rings. The molecule has 0 aliphatic rings. The van der Waals surface area contributed by atoms with E-state index in [0.717, 1.165) is 70.6 Å². The highest BCUT2D eigenvalue weighted by molar-refractivity contribution is 6.34. The molecule has 0 aliphatic heterocycles. The first kappa shape index (κ1) is 33.6. The van der Waals surface area contributed by atoms with Gasteiger partial charge < -0.3 is 16.0 Å². The van der Waals surface area contributed by atoms with Gasteiger partial charge in [-0.1, -0.05) is 60.1 Å². The van der Waals surface area contributed by atoms with E-state index in [1.54, 1.807) is 6.20 Å². The summed E-state index contributed by atoms with van der Waals surface area (Å²) in [6, 6.07) is 37.7. The Morgan fingerprint density at radius 2 is 1.18 bits per heavy atom. The minimum Gasteiger partial charge on any atom is -0.352 e. The number of hydrogen-bond donors (Lipinski definition) is 3. The SMILES string of the molecule is Cc1cc(-c2cccc(CNCc3ccncc3)c2)cc(Cl)c1Nc1c(C#N)cnc2cc(-c3cccc(CNCc4ccncc4)c3)ccc12. The standard InChI is InChI=1S/C43H36ClN7/c1-29-18-37(35-7-3-5-33(20-35)27-49-25-31-12-16-47-17-13-31)21-40(44)42(29)51-43-38(23-45)28-50-41-22-36(8-9-39(41)43)34-6-2-4-32(19-34)26-48-24-30-10-14-46-15-11-30/h2-22,28,48-49H,24-27H2,1H3,(H,50,51). The number of nitrogens with one attached hydrogen (secondary N) is 3. The number of aryl methyl sites for hydroxylation is 1. The normalized spacial score (nSPS) is 11.0. The van der Waals surface area contributed by atoms with E-state index >= 15 is 0 Å². The number of nitriles is 1. The van der Waals surface area contributed by atoms with E-state index in [0.29, 0.717) is 16.3 Å². The van der Waals surface area contributed by atoms with Gasteiger partial charge in [0.15, 0.2) is 0 Å². The lowest BCUT2D eigenvalue weighted by Crippen LogP contribution is -2.12. The summed E-state index contributed by atoms with van der Waals surface area (Å²) in [6.07, 6.45) is 8.86. The lowest BCUT2D eigenvalue weighted by molar-refractivity contribution is 0.693. The van der Waals surface area contributed by atoms with E-state index in [1.807, 2.05) is 68.1 Å². The zero-order valence-electron chi connectivity index (χ0n) is 28.2. The summed E-state index contributed by atoms with van der Waals surface area (Å²) in [5.41, 5.74) is 12.7. The van der Waals surface area contributed by atoms with Crippen LogP contribution in [0.25, 0.3) is 33.2 Å². The van der Waals surface area contributed by atoms with Gasteiger partial charge >= 0.3 is 0 Å². The minimum atomic E-state index is 0.448. The molecule has 0 aliphatic carbocycles. The number of hydrogen-bond acceptors (Lipinski definition) is 7. The van der Waals surface area contributed by atoms with Crippen molar-refractivity contribution in [2.45, 2.75) is 33.1 Å². The molecule has 0 atom stereocenters. The molecule has 0 amide bonds. The minimum absolute atomic E-state index is 0.448. The van der Waals surface area contributed by atoms with E-state index in [-0.39, 0.29) is 0 Å². The van der Waals surface area contributed by atoms with Crippen LogP contribution in [0.4, 0.5) is 11.4 Å². The van der Waals surface area contributed by atoms with Gasteiger partial charge in [0.1, 0.15) is 6.07 Å². The van der Waals surface area contributed by atoms with Gasteiger partial charge in [-0.25, -0.2) is 0 Å². The second kappa shape index (κ2) is 15.8. The van der Waals surface area contributed by atoms with Crippen molar-refractivity contribution in [2.24, 2.45) is 0 Å². The van der Waals surface area contributed by atoms with Gasteiger partial charge in [0.05, 0.1) is 27.5 Å². The van der Waals surface area contributed by atoms with Crippen LogP contribution in [0.2, 0.25) is 5.02 Å². The molecule has 0 spiro atoms. The molecule has 7 aromatic rings. The van der Waals surface area contributed by atoms with E-state index in [2.05, 4.69) is 104 Å². The molecule has 0 bridgehead atoms. The summed E-state index contributed by atoms with van der Waals surface area (Å²) < 4.78 is 0. The average Bonchev–Trinajstić information content (AvgIpc) is 3.17. The molecule has 0 radical (unpaired) electrons. The molecule has 4 aromatic carbocycles. The zero-order chi connectivity index (χ0) is 35.0. The van der Waals surface area contributed by atoms with Crippen molar-refractivity contribution in [1.29, 1.82) is 5.26 Å². The van der Waals surface area contributed by atoms with Crippen LogP contribution in [0.1, 0.15) is 33.4 Å². The molecule has 0 saturated carbocycles. The Hall–Kier alpha value is -5.91. The molecule has 0 saturated heterocycles. The van der Waals surface area contributed by atoms with Crippen molar-refractivity contribution in [1.82, 2.24) is 25.6 Å². The van der Waals surface area contributed by atoms with Crippen molar-refractivity contribution in [3.63, 3.8) is 0 Å². The molecule has 0 unspecified atom stereocenters. The van der Waals surface area contributed by atoms with E-state index in [1.165, 1.54) is 22.3 Å². The number of anilines is 2. The highest BCUT2D eigenvalue weighted by atomic mass is 35.5. The number of pyridine rings is 3. The number of halogens is 1. The van der Waals surface area contributed by atoms with Gasteiger partial charge in [-0.15, -0.1) is 0 Å². The summed E-state index contributed by atoms with van der Waals surface area (Å²) in [7, 11) is 0. The summed E-state index contributed by atoms with van der Waals surface area (Å²) >= 11 is 6.98. The highest BCUT2D eigenvalue weighted by Crippen LogP contribution is 2.38. The van der Waals surface area contributed by atoms with E-state index in [4.69, 9.17) is 11.6 Å². The van der Waals surface area contributed by atoms with Gasteiger partial charge in [-0.3, -0.25) is 15.0 Å². The van der Waals surface area contributed by atoms with Crippen LogP contribution < -0.4 is 16.0 Å². The van der Waals surface area contributed by atoms with Crippen molar-refractivity contribution in [3.05, 3.63) is 173 Å². The van der Waals surface area contributed by atoms with Crippen LogP contribution >= 0.6 is 11.6 Å². The maximum absolute atomic E-state index is 10.1. The molecule has 3 aromatic heterocycles. The Bertz CT molecular complexity index is 2310. The van der Waals surface area contributed by atoms with Gasteiger partial charge in [-0.2, -0.15) is 5.26 Å². The second-order valence-corrected chi connectivity index (χ2v) is 12.9. The van der Waals surface area contributed by atoms with Crippen LogP contribution in [0.15, 0.2) is 134 Å². The van der Waals surface area contributed by atoms with Crippen LogP contribution in [0.3, 0.4) is 0 Å². The first-order valence-corrected chi connectivity index (χ1v) is 17.2. The van der Waals surface area contributed by atoms with Gasteiger partial charge in [0, 0.05) is 62.5 Å². The lowest BCUT2D eigenvalue weighted by atomic mass is 9.99. The number of nitrogens with zero attached hydrogens (tertiary/aromatic N) is 4. The number of aromatic nitrogens is 3. The molecular weight excluding hydrogens is 650 g/mol. The molecule has 51 heavy (non-hydrogen) atoms. The Labute approximate surface area is 303 Å². The van der Waals surface area contributed by atoms with Crippen LogP contribution in [-0.2, 0) is 26.2 Å². The Kier molecular flexibility index (Phi) is 10.4. The number of benzene rings is 4. The van der Waals surface area contributed by atoms with Crippen molar-refractivity contribution < 1.29 is 0 Å². The van der Waals surface area contributed by atoms with E-state index in [9.17, 15) is 5.26 Å². The van der Waals surface area contributed by atoms with Gasteiger partial charge in [0.2, 0.25) is 0 Å². The second-order valence-electron chi connectivity index (χ2n) is 12.5. The molecular formula is C43H36ClN7. The third-order valence-electron chi connectivity index (χ3n) is 8.86. The fourth-order valence-electron chi connectivity index (χ4n) is 6.21. The third-order valence-corrected chi connectivity index (χ3v) is 9.16. The maximum Gasteiger partial charge on any atom is 0.103 e. The fraction of sp³-hybridized carbons (Fsp3) is 0.116. The van der Waals surface area contributed by atoms with Crippen LogP contribution in [0, 0.1) is 18.3 Å². The van der Waals surface area contributed by atoms with Crippen LogP contribution in [-0.4, -0.2) is 15.0 Å². The highest BCUT2D eigenvalue weighted by Gasteiger charge is 2.15. The predicted octanol–water partition coefficient (Wildman–Crippen LogP) is 9.52. The molecule has 250 valence electrons. The number of rotatable bonds is 12. The molecule has 3 heterocycles. The largest absolute Gasteiger partial charge is 0.352 e. The van der Waals surface area contributed by atoms with Crippen molar-refractivity contribution in [3.8, 4) is 28.3 Å². The van der Waals surface area contributed by atoms with Gasteiger partial charge in [0.25, 0.3) is 0 Å². The smallest absolute Gasteiger partial charge is 0.103 e. The summed E-state index contributed by atoms with van der Waals surface area (Å²) in [5.74, 6) is 0. The quantitative estimate of drug-likeness (QED) is 0.118. The zero-order valence-corrected chi connectivity index (χ0v) is 29.0.